The van der Waals surface area contributed by atoms with Gasteiger partial charge in [-0.2, -0.15) is 0 Å². The summed E-state index contributed by atoms with van der Waals surface area (Å²) in [5.74, 6) is -0.0568. The van der Waals surface area contributed by atoms with Crippen molar-refractivity contribution >= 4 is 22.8 Å². The highest BCUT2D eigenvalue weighted by Gasteiger charge is 2.11. The number of para-hydroxylation sites is 1. The first-order valence-electron chi connectivity index (χ1n) is 7.18. The molecule has 3 amide bonds. The zero-order valence-electron chi connectivity index (χ0n) is 12.6. The molecule has 0 fully saturated rings. The van der Waals surface area contributed by atoms with E-state index in [0.29, 0.717) is 16.7 Å². The van der Waals surface area contributed by atoms with Crippen molar-refractivity contribution in [1.29, 1.82) is 0 Å². The van der Waals surface area contributed by atoms with Crippen molar-refractivity contribution in [3.63, 3.8) is 0 Å². The van der Waals surface area contributed by atoms with E-state index >= 15 is 0 Å². The van der Waals surface area contributed by atoms with Crippen LogP contribution in [0.15, 0.2) is 58.2 Å². The van der Waals surface area contributed by atoms with Crippen LogP contribution in [0.2, 0.25) is 0 Å². The normalized spacial score (nSPS) is 10.5. The number of urea groups is 1. The Bertz CT molecular complexity index is 931. The standard InChI is InChI=1S/C16H14N4O4/c21-14(19-16(23)17-8-11-4-3-7-24-11)9-20-10-18-13-6-2-1-5-12(13)15(20)22/h1-7,10H,8-9H2,(H2,17,19,21,23). The largest absolute Gasteiger partial charge is 0.467 e. The minimum atomic E-state index is -0.668. The Balaban J connectivity index is 1.61. The van der Waals surface area contributed by atoms with Crippen LogP contribution in [-0.2, 0) is 17.9 Å². The molecule has 8 nitrogen and oxygen atoms in total. The van der Waals surface area contributed by atoms with Crippen LogP contribution in [0.4, 0.5) is 4.79 Å². The smallest absolute Gasteiger partial charge is 0.321 e. The molecule has 122 valence electrons. The molecule has 1 aromatic carbocycles. The lowest BCUT2D eigenvalue weighted by molar-refractivity contribution is -0.120. The summed E-state index contributed by atoms with van der Waals surface area (Å²) >= 11 is 0. The molecule has 0 bridgehead atoms. The van der Waals surface area contributed by atoms with Gasteiger partial charge in [0.25, 0.3) is 5.56 Å². The molecule has 0 aliphatic heterocycles. The summed E-state index contributed by atoms with van der Waals surface area (Å²) in [5, 5.41) is 5.04. The topological polar surface area (TPSA) is 106 Å². The maximum absolute atomic E-state index is 12.3. The van der Waals surface area contributed by atoms with E-state index in [4.69, 9.17) is 4.42 Å². The molecular weight excluding hydrogens is 312 g/mol. The van der Waals surface area contributed by atoms with Crippen molar-refractivity contribution in [3.8, 4) is 0 Å². The minimum absolute atomic E-state index is 0.156. The van der Waals surface area contributed by atoms with Crippen LogP contribution in [-0.4, -0.2) is 21.5 Å². The minimum Gasteiger partial charge on any atom is -0.467 e. The van der Waals surface area contributed by atoms with Gasteiger partial charge in [0.05, 0.1) is 30.0 Å². The number of benzene rings is 1. The third kappa shape index (κ3) is 3.49. The second-order valence-electron chi connectivity index (χ2n) is 5.00. The first-order chi connectivity index (χ1) is 11.6. The van der Waals surface area contributed by atoms with Gasteiger partial charge >= 0.3 is 6.03 Å². The summed E-state index contributed by atoms with van der Waals surface area (Å²) in [5.41, 5.74) is 0.210. The van der Waals surface area contributed by atoms with Gasteiger partial charge in [-0.15, -0.1) is 0 Å². The Labute approximate surface area is 136 Å². The number of hydrogen-bond acceptors (Lipinski definition) is 5. The molecule has 0 radical (unpaired) electrons. The summed E-state index contributed by atoms with van der Waals surface area (Å²) in [4.78, 5) is 39.9. The number of carbonyl (C=O) groups excluding carboxylic acids is 2. The number of amides is 3. The van der Waals surface area contributed by atoms with Gasteiger partial charge in [-0.25, -0.2) is 9.78 Å². The molecule has 0 aliphatic carbocycles. The van der Waals surface area contributed by atoms with Crippen LogP contribution in [0.1, 0.15) is 5.76 Å². The number of hydrogen-bond donors (Lipinski definition) is 2. The van der Waals surface area contributed by atoms with Gasteiger partial charge in [0.1, 0.15) is 12.3 Å². The molecule has 24 heavy (non-hydrogen) atoms. The van der Waals surface area contributed by atoms with Crippen LogP contribution < -0.4 is 16.2 Å². The van der Waals surface area contributed by atoms with Crippen LogP contribution in [0.5, 0.6) is 0 Å². The average molecular weight is 326 g/mol. The van der Waals surface area contributed by atoms with E-state index < -0.39 is 11.9 Å². The van der Waals surface area contributed by atoms with Gasteiger partial charge in [-0.1, -0.05) is 12.1 Å². The summed E-state index contributed by atoms with van der Waals surface area (Å²) in [6.45, 7) is -0.144. The lowest BCUT2D eigenvalue weighted by Crippen LogP contribution is -2.41. The van der Waals surface area contributed by atoms with Gasteiger partial charge in [-0.3, -0.25) is 19.5 Å². The highest BCUT2D eigenvalue weighted by atomic mass is 16.3. The molecule has 2 heterocycles. The van der Waals surface area contributed by atoms with E-state index in [9.17, 15) is 14.4 Å². The third-order valence-corrected chi connectivity index (χ3v) is 3.30. The number of nitrogens with zero attached hydrogens (tertiary/aromatic N) is 2. The molecule has 8 heteroatoms. The Morgan fingerprint density at radius 2 is 2.00 bits per heavy atom. The number of fused-ring (bicyclic) bond motifs is 1. The lowest BCUT2D eigenvalue weighted by atomic mass is 10.2. The van der Waals surface area contributed by atoms with Crippen molar-refractivity contribution in [2.75, 3.05) is 0 Å². The Morgan fingerprint density at radius 3 is 2.79 bits per heavy atom. The summed E-state index contributed by atoms with van der Waals surface area (Å²) in [6.07, 6.45) is 2.77. The molecule has 0 aliphatic rings. The van der Waals surface area contributed by atoms with Crippen LogP contribution in [0.3, 0.4) is 0 Å². The Morgan fingerprint density at radius 1 is 1.17 bits per heavy atom. The number of rotatable bonds is 4. The highest BCUT2D eigenvalue weighted by molar-refractivity contribution is 5.94. The fourth-order valence-corrected chi connectivity index (χ4v) is 2.16. The van der Waals surface area contributed by atoms with Crippen LogP contribution in [0.25, 0.3) is 10.9 Å². The number of nitrogens with one attached hydrogen (secondary N) is 2. The van der Waals surface area contributed by atoms with Gasteiger partial charge in [0.15, 0.2) is 0 Å². The molecule has 0 unspecified atom stereocenters. The quantitative estimate of drug-likeness (QED) is 0.744. The number of imide groups is 1. The molecule has 2 aromatic heterocycles. The van der Waals surface area contributed by atoms with Crippen molar-refractivity contribution in [2.24, 2.45) is 0 Å². The average Bonchev–Trinajstić information content (AvgIpc) is 3.09. The van der Waals surface area contributed by atoms with E-state index in [0.717, 1.165) is 4.57 Å². The van der Waals surface area contributed by atoms with E-state index in [2.05, 4.69) is 15.6 Å². The van der Waals surface area contributed by atoms with E-state index in [1.165, 1.54) is 12.6 Å². The van der Waals surface area contributed by atoms with Gasteiger partial charge in [0, 0.05) is 0 Å². The molecule has 3 rings (SSSR count). The maximum atomic E-state index is 12.3. The van der Waals surface area contributed by atoms with E-state index in [1.807, 2.05) is 0 Å². The second kappa shape index (κ2) is 6.78. The Kier molecular flexibility index (Phi) is 4.37. The van der Waals surface area contributed by atoms with Crippen molar-refractivity contribution in [3.05, 3.63) is 65.1 Å². The SMILES string of the molecule is O=C(Cn1cnc2ccccc2c1=O)NC(=O)NCc1ccco1. The summed E-state index contributed by atoms with van der Waals surface area (Å²) in [6, 6.07) is 9.56. The van der Waals surface area contributed by atoms with Crippen LogP contribution >= 0.6 is 0 Å². The zero-order chi connectivity index (χ0) is 16.9. The second-order valence-corrected chi connectivity index (χ2v) is 5.00. The first kappa shape index (κ1) is 15.5. The molecule has 0 saturated heterocycles. The fraction of sp³-hybridized carbons (Fsp3) is 0.125. The predicted molar refractivity (Wildman–Crippen MR) is 85.1 cm³/mol. The number of furan rings is 1. The number of aromatic nitrogens is 2. The number of carbonyl (C=O) groups is 2. The maximum Gasteiger partial charge on any atom is 0.321 e. The van der Waals surface area contributed by atoms with Gasteiger partial charge in [-0.05, 0) is 24.3 Å². The van der Waals surface area contributed by atoms with Crippen LogP contribution in [0, 0.1) is 0 Å². The molecular formula is C16H14N4O4. The first-order valence-corrected chi connectivity index (χ1v) is 7.18. The summed E-state index contributed by atoms with van der Waals surface area (Å²) in [7, 11) is 0. The van der Waals surface area contributed by atoms with E-state index in [-0.39, 0.29) is 18.6 Å². The van der Waals surface area contributed by atoms with Gasteiger partial charge < -0.3 is 9.73 Å². The Hall–Kier alpha value is -3.42. The third-order valence-electron chi connectivity index (χ3n) is 3.30. The van der Waals surface area contributed by atoms with Crippen molar-refractivity contribution in [1.82, 2.24) is 20.2 Å². The molecule has 2 N–H and O–H groups in total. The van der Waals surface area contributed by atoms with Crippen molar-refractivity contribution < 1.29 is 14.0 Å². The molecule has 0 spiro atoms. The van der Waals surface area contributed by atoms with Crippen molar-refractivity contribution in [2.45, 2.75) is 13.1 Å². The summed E-state index contributed by atoms with van der Waals surface area (Å²) < 4.78 is 6.21. The highest BCUT2D eigenvalue weighted by Crippen LogP contribution is 2.04. The monoisotopic (exact) mass is 326 g/mol. The van der Waals surface area contributed by atoms with E-state index in [1.54, 1.807) is 36.4 Å². The zero-order valence-corrected chi connectivity index (χ0v) is 12.6. The molecule has 0 saturated carbocycles. The molecule has 3 aromatic rings. The van der Waals surface area contributed by atoms with Gasteiger partial charge in [0.2, 0.25) is 5.91 Å². The lowest BCUT2D eigenvalue weighted by Gasteiger charge is -2.08. The fourth-order valence-electron chi connectivity index (χ4n) is 2.16. The predicted octanol–water partition coefficient (Wildman–Crippen LogP) is 1.02. The molecule has 0 atom stereocenters.